The van der Waals surface area contributed by atoms with Gasteiger partial charge < -0.3 is 20.1 Å². The van der Waals surface area contributed by atoms with Crippen LogP contribution in [0, 0.1) is 5.92 Å². The highest BCUT2D eigenvalue weighted by Crippen LogP contribution is 2.33. The van der Waals surface area contributed by atoms with Gasteiger partial charge in [0.15, 0.2) is 5.11 Å². The van der Waals surface area contributed by atoms with Crippen LogP contribution in [0.5, 0.6) is 0 Å². The van der Waals surface area contributed by atoms with Crippen LogP contribution in [0.3, 0.4) is 0 Å². The number of H-pyrrole nitrogens is 1. The van der Waals surface area contributed by atoms with Gasteiger partial charge in [0.05, 0.1) is 0 Å². The van der Waals surface area contributed by atoms with Crippen molar-refractivity contribution >= 4 is 39.8 Å². The fourth-order valence-corrected chi connectivity index (χ4v) is 6.03. The third-order valence-electron chi connectivity index (χ3n) is 7.67. The summed E-state index contributed by atoms with van der Waals surface area (Å²) < 4.78 is 0. The molecule has 5 rings (SSSR count). The Morgan fingerprint density at radius 3 is 2.47 bits per heavy atom. The summed E-state index contributed by atoms with van der Waals surface area (Å²) in [5.41, 5.74) is 4.07. The molecular weight excluding hydrogens is 460 g/mol. The number of para-hydroxylation sites is 1. The van der Waals surface area contributed by atoms with Crippen molar-refractivity contribution in [3.63, 3.8) is 0 Å². The van der Waals surface area contributed by atoms with Crippen molar-refractivity contribution in [3.8, 4) is 0 Å². The van der Waals surface area contributed by atoms with Crippen LogP contribution in [0.4, 0.5) is 0 Å². The first-order valence-corrected chi connectivity index (χ1v) is 13.5. The highest BCUT2D eigenvalue weighted by atomic mass is 35.5. The average Bonchev–Trinajstić information content (AvgIpc) is 3.30. The number of nitrogens with zero attached hydrogens (tertiary/aromatic N) is 2. The number of benzene rings is 2. The van der Waals surface area contributed by atoms with Crippen LogP contribution in [-0.2, 0) is 6.42 Å². The molecule has 34 heavy (non-hydrogen) atoms. The molecule has 1 aromatic heterocycles. The van der Waals surface area contributed by atoms with Gasteiger partial charge >= 0.3 is 0 Å². The molecule has 2 aliphatic heterocycles. The number of thiocarbonyl (C=S) groups is 1. The molecule has 0 amide bonds. The minimum Gasteiger partial charge on any atom is -0.362 e. The van der Waals surface area contributed by atoms with E-state index in [1.165, 1.54) is 67.3 Å². The van der Waals surface area contributed by atoms with E-state index in [0.29, 0.717) is 5.92 Å². The Morgan fingerprint density at radius 1 is 0.971 bits per heavy atom. The van der Waals surface area contributed by atoms with E-state index >= 15 is 0 Å². The number of hydrogen-bond acceptors (Lipinski definition) is 2. The molecule has 0 saturated carbocycles. The Morgan fingerprint density at radius 2 is 1.71 bits per heavy atom. The van der Waals surface area contributed by atoms with Crippen molar-refractivity contribution in [3.05, 3.63) is 70.9 Å². The summed E-state index contributed by atoms with van der Waals surface area (Å²) in [7, 11) is 0. The van der Waals surface area contributed by atoms with E-state index in [2.05, 4.69) is 62.7 Å². The van der Waals surface area contributed by atoms with Gasteiger partial charge in [0.25, 0.3) is 0 Å². The Balaban J connectivity index is 1.01. The normalized spacial score (nSPS) is 18.4. The van der Waals surface area contributed by atoms with Crippen LogP contribution in [0.2, 0.25) is 5.02 Å². The summed E-state index contributed by atoms with van der Waals surface area (Å²) in [5.74, 6) is 1.48. The van der Waals surface area contributed by atoms with Crippen molar-refractivity contribution < 1.29 is 0 Å². The maximum Gasteiger partial charge on any atom is 0.168 e. The van der Waals surface area contributed by atoms with Crippen LogP contribution in [0.25, 0.3) is 10.9 Å². The van der Waals surface area contributed by atoms with Crippen molar-refractivity contribution in [2.75, 3.05) is 39.3 Å². The number of piperidine rings is 2. The number of aromatic amines is 1. The van der Waals surface area contributed by atoms with Gasteiger partial charge in [-0.2, -0.15) is 0 Å². The van der Waals surface area contributed by atoms with Gasteiger partial charge in [-0.1, -0.05) is 41.9 Å². The van der Waals surface area contributed by atoms with E-state index in [4.69, 9.17) is 23.8 Å². The lowest BCUT2D eigenvalue weighted by Crippen LogP contribution is -2.46. The molecule has 0 spiro atoms. The summed E-state index contributed by atoms with van der Waals surface area (Å²) in [4.78, 5) is 8.52. The fraction of sp³-hybridized carbons (Fsp3) is 0.464. The van der Waals surface area contributed by atoms with E-state index in [1.807, 2.05) is 12.1 Å². The maximum absolute atomic E-state index is 5.97. The molecular formula is C28H35ClN4S. The molecule has 3 heterocycles. The van der Waals surface area contributed by atoms with E-state index in [1.54, 1.807) is 0 Å². The van der Waals surface area contributed by atoms with Gasteiger partial charge in [-0.25, -0.2) is 0 Å². The molecule has 6 heteroatoms. The second kappa shape index (κ2) is 11.1. The Bertz CT molecular complexity index is 1080. The SMILES string of the molecule is S=C(NCCc1ccc(Cl)cc1)N1CCC(CN2CCC(c3c[nH]c4ccccc34)CC2)CC1. The number of likely N-dealkylation sites (tertiary alicyclic amines) is 2. The highest BCUT2D eigenvalue weighted by molar-refractivity contribution is 7.80. The first kappa shape index (κ1) is 23.7. The first-order valence-electron chi connectivity index (χ1n) is 12.7. The standard InChI is InChI=1S/C28H35ClN4S/c29-24-7-5-21(6-8-24)9-14-30-28(34)33-17-10-22(11-18-33)20-32-15-12-23(13-16-32)26-19-31-27-4-2-1-3-25(26)27/h1-8,19,22-23,31H,9-18,20H2,(H,30,34). The predicted octanol–water partition coefficient (Wildman–Crippen LogP) is 5.83. The summed E-state index contributed by atoms with van der Waals surface area (Å²) in [5, 5.41) is 6.56. The van der Waals surface area contributed by atoms with Crippen molar-refractivity contribution in [2.24, 2.45) is 5.92 Å². The Hall–Kier alpha value is -2.08. The van der Waals surface area contributed by atoms with Crippen LogP contribution in [-0.4, -0.2) is 59.2 Å². The first-order chi connectivity index (χ1) is 16.7. The number of halogens is 1. The molecule has 180 valence electrons. The molecule has 0 bridgehead atoms. The van der Waals surface area contributed by atoms with Gasteiger partial charge in [0, 0.05) is 48.3 Å². The molecule has 2 fully saturated rings. The smallest absolute Gasteiger partial charge is 0.168 e. The number of fused-ring (bicyclic) bond motifs is 1. The molecule has 4 nitrogen and oxygen atoms in total. The van der Waals surface area contributed by atoms with E-state index < -0.39 is 0 Å². The third-order valence-corrected chi connectivity index (χ3v) is 8.32. The molecule has 2 aromatic carbocycles. The number of hydrogen-bond donors (Lipinski definition) is 2. The Kier molecular flexibility index (Phi) is 7.73. The molecule has 2 aliphatic rings. The summed E-state index contributed by atoms with van der Waals surface area (Å²) in [6.07, 6.45) is 8.21. The van der Waals surface area contributed by atoms with Gasteiger partial charge in [-0.15, -0.1) is 0 Å². The number of aromatic nitrogens is 1. The second-order valence-electron chi connectivity index (χ2n) is 9.90. The zero-order chi connectivity index (χ0) is 23.3. The van der Waals surface area contributed by atoms with Crippen LogP contribution in [0.1, 0.15) is 42.7 Å². The van der Waals surface area contributed by atoms with Crippen molar-refractivity contribution in [1.29, 1.82) is 0 Å². The lowest BCUT2D eigenvalue weighted by Gasteiger charge is -2.38. The largest absolute Gasteiger partial charge is 0.362 e. The average molecular weight is 495 g/mol. The van der Waals surface area contributed by atoms with Crippen molar-refractivity contribution in [1.82, 2.24) is 20.1 Å². The van der Waals surface area contributed by atoms with Gasteiger partial charge in [-0.3, -0.25) is 0 Å². The van der Waals surface area contributed by atoms with Gasteiger partial charge in [0.2, 0.25) is 0 Å². The lowest BCUT2D eigenvalue weighted by atomic mass is 9.88. The monoisotopic (exact) mass is 494 g/mol. The van der Waals surface area contributed by atoms with Crippen LogP contribution in [0.15, 0.2) is 54.7 Å². The topological polar surface area (TPSA) is 34.3 Å². The van der Waals surface area contributed by atoms with E-state index in [0.717, 1.165) is 42.1 Å². The minimum absolute atomic E-state index is 0.686. The Labute approximate surface area is 213 Å². The number of nitrogens with one attached hydrogen (secondary N) is 2. The summed E-state index contributed by atoms with van der Waals surface area (Å²) in [6, 6.07) is 16.8. The van der Waals surface area contributed by atoms with Gasteiger partial charge in [-0.05, 0) is 98.6 Å². The molecule has 0 unspecified atom stereocenters. The van der Waals surface area contributed by atoms with Crippen LogP contribution >= 0.6 is 23.8 Å². The molecule has 0 aliphatic carbocycles. The molecule has 2 N–H and O–H groups in total. The molecule has 0 radical (unpaired) electrons. The summed E-state index contributed by atoms with van der Waals surface area (Å²) in [6.45, 7) is 6.69. The highest BCUT2D eigenvalue weighted by Gasteiger charge is 2.26. The molecule has 3 aromatic rings. The lowest BCUT2D eigenvalue weighted by molar-refractivity contribution is 0.151. The predicted molar refractivity (Wildman–Crippen MR) is 147 cm³/mol. The number of rotatable bonds is 6. The minimum atomic E-state index is 0.686. The summed E-state index contributed by atoms with van der Waals surface area (Å²) >= 11 is 11.6. The fourth-order valence-electron chi connectivity index (χ4n) is 5.62. The zero-order valence-electron chi connectivity index (χ0n) is 19.8. The van der Waals surface area contributed by atoms with E-state index in [9.17, 15) is 0 Å². The molecule has 0 atom stereocenters. The van der Waals surface area contributed by atoms with Crippen molar-refractivity contribution in [2.45, 2.75) is 38.0 Å². The quantitative estimate of drug-likeness (QED) is 0.422. The maximum atomic E-state index is 5.97. The second-order valence-corrected chi connectivity index (χ2v) is 10.7. The van der Waals surface area contributed by atoms with Crippen LogP contribution < -0.4 is 5.32 Å². The third kappa shape index (κ3) is 5.76. The molecule has 2 saturated heterocycles. The zero-order valence-corrected chi connectivity index (χ0v) is 21.4. The van der Waals surface area contributed by atoms with E-state index in [-0.39, 0.29) is 0 Å². The van der Waals surface area contributed by atoms with Gasteiger partial charge in [0.1, 0.15) is 0 Å².